The highest BCUT2D eigenvalue weighted by Gasteiger charge is 2.27. The van der Waals surface area contributed by atoms with Crippen molar-refractivity contribution in [3.05, 3.63) is 33.4 Å². The molecule has 1 aliphatic heterocycles. The van der Waals surface area contributed by atoms with Gasteiger partial charge in [0.15, 0.2) is 0 Å². The number of likely N-dealkylation sites (tertiary alicyclic amines) is 1. The average molecular weight is 383 g/mol. The van der Waals surface area contributed by atoms with Crippen LogP contribution >= 0.6 is 27.5 Å². The lowest BCUT2D eigenvalue weighted by molar-refractivity contribution is 0.0590. The van der Waals surface area contributed by atoms with Crippen molar-refractivity contribution in [3.63, 3.8) is 0 Å². The van der Waals surface area contributed by atoms with Crippen LogP contribution in [0, 0.1) is 6.92 Å². The lowest BCUT2D eigenvalue weighted by Crippen LogP contribution is -2.41. The Kier molecular flexibility index (Phi) is 4.68. The third-order valence-electron chi connectivity index (χ3n) is 3.58. The Bertz CT molecular complexity index is 670. The van der Waals surface area contributed by atoms with Gasteiger partial charge in [-0.15, -0.1) is 5.10 Å². The van der Waals surface area contributed by atoms with Crippen LogP contribution in [0.5, 0.6) is 5.88 Å². The maximum absolute atomic E-state index is 12.4. The number of aromatic nitrogens is 3. The number of pyridine rings is 1. The second-order valence-electron chi connectivity index (χ2n) is 5.09. The van der Waals surface area contributed by atoms with Gasteiger partial charge in [0.1, 0.15) is 11.0 Å². The number of hydrogen-bond acceptors (Lipinski definition) is 6. The first-order valence-corrected chi connectivity index (χ1v) is 8.57. The van der Waals surface area contributed by atoms with Gasteiger partial charge in [0.2, 0.25) is 5.88 Å². The van der Waals surface area contributed by atoms with Crippen LogP contribution in [-0.4, -0.2) is 44.6 Å². The maximum atomic E-state index is 12.4. The van der Waals surface area contributed by atoms with Gasteiger partial charge in [-0.2, -0.15) is 0 Å². The van der Waals surface area contributed by atoms with Gasteiger partial charge in [-0.25, -0.2) is 4.98 Å². The summed E-state index contributed by atoms with van der Waals surface area (Å²) in [5.74, 6) is 0.625. The van der Waals surface area contributed by atoms with Gasteiger partial charge in [-0.3, -0.25) is 4.79 Å². The van der Waals surface area contributed by atoms with Crippen LogP contribution in [0.25, 0.3) is 0 Å². The molecule has 0 bridgehead atoms. The molecule has 0 aliphatic carbocycles. The molecule has 22 heavy (non-hydrogen) atoms. The summed E-state index contributed by atoms with van der Waals surface area (Å²) in [6, 6.07) is 3.75. The lowest BCUT2D eigenvalue weighted by atomic mass is 10.1. The van der Waals surface area contributed by atoms with Crippen molar-refractivity contribution >= 4 is 33.4 Å². The summed E-state index contributed by atoms with van der Waals surface area (Å²) in [7, 11) is 0. The number of carbonyl (C=O) groups is 1. The Morgan fingerprint density at radius 1 is 1.45 bits per heavy atom. The third-order valence-corrected chi connectivity index (χ3v) is 5.00. The van der Waals surface area contributed by atoms with E-state index < -0.39 is 0 Å². The molecule has 0 spiro atoms. The van der Waals surface area contributed by atoms with Gasteiger partial charge in [0, 0.05) is 32.1 Å². The largest absolute Gasteiger partial charge is 0.473 e. The van der Waals surface area contributed by atoms with Gasteiger partial charge in [-0.1, -0.05) is 4.49 Å². The number of amides is 1. The minimum absolute atomic E-state index is 0.0185. The second-order valence-corrected chi connectivity index (χ2v) is 6.70. The molecule has 0 atom stereocenters. The molecule has 3 rings (SSSR count). The van der Waals surface area contributed by atoms with Gasteiger partial charge in [-0.05, 0) is 46.5 Å². The zero-order chi connectivity index (χ0) is 15.5. The number of aryl methyl sites for hydroxylation is 1. The van der Waals surface area contributed by atoms with Crippen LogP contribution in [0.4, 0.5) is 0 Å². The van der Waals surface area contributed by atoms with E-state index in [2.05, 4.69) is 30.5 Å². The molecule has 3 heterocycles. The Morgan fingerprint density at radius 2 is 2.23 bits per heavy atom. The molecule has 0 aromatic carbocycles. The highest BCUT2D eigenvalue weighted by atomic mass is 79.9. The van der Waals surface area contributed by atoms with Crippen molar-refractivity contribution < 1.29 is 9.53 Å². The van der Waals surface area contributed by atoms with Crippen LogP contribution in [0.1, 0.15) is 28.2 Å². The fourth-order valence-corrected chi connectivity index (χ4v) is 3.34. The predicted molar refractivity (Wildman–Crippen MR) is 86.1 cm³/mol. The molecule has 1 saturated heterocycles. The number of rotatable bonds is 3. The van der Waals surface area contributed by atoms with Crippen molar-refractivity contribution in [2.24, 2.45) is 0 Å². The fraction of sp³-hybridized carbons (Fsp3) is 0.429. The molecule has 0 unspecified atom stereocenters. The molecule has 116 valence electrons. The normalized spacial score (nSPS) is 15.8. The first kappa shape index (κ1) is 15.4. The van der Waals surface area contributed by atoms with Crippen molar-refractivity contribution in [1.29, 1.82) is 0 Å². The summed E-state index contributed by atoms with van der Waals surface area (Å²) in [5.41, 5.74) is 0.700. The minimum atomic E-state index is 0.0185. The molecule has 1 aliphatic rings. The zero-order valence-corrected chi connectivity index (χ0v) is 14.4. The van der Waals surface area contributed by atoms with Crippen molar-refractivity contribution in [3.8, 4) is 5.88 Å². The van der Waals surface area contributed by atoms with Crippen molar-refractivity contribution in [2.75, 3.05) is 13.1 Å². The SMILES string of the molecule is Cc1nnsc1C(=O)N1CCC(Oc2ncccc2Br)CC1. The van der Waals surface area contributed by atoms with E-state index in [4.69, 9.17) is 4.74 Å². The first-order valence-electron chi connectivity index (χ1n) is 7.00. The van der Waals surface area contributed by atoms with E-state index in [1.165, 1.54) is 0 Å². The predicted octanol–water partition coefficient (Wildman–Crippen LogP) is 2.69. The van der Waals surface area contributed by atoms with Crippen LogP contribution in [0.3, 0.4) is 0 Å². The minimum Gasteiger partial charge on any atom is -0.473 e. The van der Waals surface area contributed by atoms with Crippen LogP contribution in [0.2, 0.25) is 0 Å². The zero-order valence-electron chi connectivity index (χ0n) is 12.0. The Hall–Kier alpha value is -1.54. The lowest BCUT2D eigenvalue weighted by Gasteiger charge is -2.31. The topological polar surface area (TPSA) is 68.2 Å². The Morgan fingerprint density at radius 3 is 2.86 bits per heavy atom. The first-order chi connectivity index (χ1) is 10.6. The van der Waals surface area contributed by atoms with Crippen LogP contribution in [0.15, 0.2) is 22.8 Å². The number of nitrogens with zero attached hydrogens (tertiary/aromatic N) is 4. The number of carbonyl (C=O) groups excluding carboxylic acids is 1. The summed E-state index contributed by atoms with van der Waals surface area (Å²) >= 11 is 4.58. The summed E-state index contributed by atoms with van der Waals surface area (Å²) < 4.78 is 10.6. The van der Waals surface area contributed by atoms with E-state index >= 15 is 0 Å². The number of halogens is 1. The second kappa shape index (κ2) is 6.70. The summed E-state index contributed by atoms with van der Waals surface area (Å²) in [6.07, 6.45) is 3.37. The molecule has 1 fully saturated rings. The Balaban J connectivity index is 1.58. The molecule has 6 nitrogen and oxygen atoms in total. The van der Waals surface area contributed by atoms with E-state index in [9.17, 15) is 4.79 Å². The maximum Gasteiger partial charge on any atom is 0.267 e. The van der Waals surface area contributed by atoms with Crippen LogP contribution < -0.4 is 4.74 Å². The highest BCUT2D eigenvalue weighted by molar-refractivity contribution is 9.10. The van der Waals surface area contributed by atoms with Gasteiger partial charge < -0.3 is 9.64 Å². The van der Waals surface area contributed by atoms with Crippen molar-refractivity contribution in [2.45, 2.75) is 25.9 Å². The molecule has 0 N–H and O–H groups in total. The van der Waals surface area contributed by atoms with Crippen LogP contribution in [-0.2, 0) is 0 Å². The van der Waals surface area contributed by atoms with E-state index in [-0.39, 0.29) is 12.0 Å². The third kappa shape index (κ3) is 3.27. The standard InChI is InChI=1S/C14H15BrN4O2S/c1-9-12(22-18-17-9)14(20)19-7-4-10(5-8-19)21-13-11(15)3-2-6-16-13/h2-3,6,10H,4-5,7-8H2,1H3. The van der Waals surface area contributed by atoms with Gasteiger partial charge in [0.05, 0.1) is 10.2 Å². The van der Waals surface area contributed by atoms with E-state index in [1.54, 1.807) is 6.20 Å². The quantitative estimate of drug-likeness (QED) is 0.815. The smallest absolute Gasteiger partial charge is 0.267 e. The highest BCUT2D eigenvalue weighted by Crippen LogP contribution is 2.25. The van der Waals surface area contributed by atoms with E-state index in [0.29, 0.717) is 29.5 Å². The molecule has 2 aromatic heterocycles. The average Bonchev–Trinajstić information content (AvgIpc) is 2.96. The molecule has 1 amide bonds. The monoisotopic (exact) mass is 382 g/mol. The molecular weight excluding hydrogens is 368 g/mol. The van der Waals surface area contributed by atoms with E-state index in [0.717, 1.165) is 28.8 Å². The number of ether oxygens (including phenoxy) is 1. The summed E-state index contributed by atoms with van der Waals surface area (Å²) in [4.78, 5) is 19.1. The molecular formula is C14H15BrN4O2S. The molecule has 0 saturated carbocycles. The van der Waals surface area contributed by atoms with Gasteiger partial charge in [0.25, 0.3) is 5.91 Å². The molecule has 2 aromatic rings. The molecule has 8 heteroatoms. The van der Waals surface area contributed by atoms with E-state index in [1.807, 2.05) is 24.0 Å². The number of piperidine rings is 1. The summed E-state index contributed by atoms with van der Waals surface area (Å²) in [6.45, 7) is 3.15. The van der Waals surface area contributed by atoms with Gasteiger partial charge >= 0.3 is 0 Å². The fourth-order valence-electron chi connectivity index (χ4n) is 2.36. The summed E-state index contributed by atoms with van der Waals surface area (Å²) in [5, 5.41) is 3.90. The number of hydrogen-bond donors (Lipinski definition) is 0. The Labute approximate surface area is 140 Å². The molecule has 0 radical (unpaired) electrons. The van der Waals surface area contributed by atoms with Crippen molar-refractivity contribution in [1.82, 2.24) is 19.5 Å².